The van der Waals surface area contributed by atoms with Crippen LogP contribution >= 0.6 is 0 Å². The van der Waals surface area contributed by atoms with Crippen molar-refractivity contribution in [2.24, 2.45) is 0 Å². The Balaban J connectivity index is 2.23. The number of carbonyl (C=O) groups excluding carboxylic acids is 1. The first-order valence-corrected chi connectivity index (χ1v) is 8.33. The number of anilines is 2. The zero-order chi connectivity index (χ0) is 16.3. The molecule has 0 aromatic heterocycles. The van der Waals surface area contributed by atoms with E-state index in [4.69, 9.17) is 0 Å². The molecule has 2 aromatic rings. The normalized spacial score (nSPS) is 11.0. The van der Waals surface area contributed by atoms with Gasteiger partial charge in [0.1, 0.15) is 5.75 Å². The van der Waals surface area contributed by atoms with Crippen LogP contribution in [0.4, 0.5) is 11.4 Å². The van der Waals surface area contributed by atoms with Gasteiger partial charge in [-0.2, -0.15) is 0 Å². The summed E-state index contributed by atoms with van der Waals surface area (Å²) in [5.41, 5.74) is 1.51. The van der Waals surface area contributed by atoms with Crippen molar-refractivity contribution in [3.8, 4) is 5.75 Å². The van der Waals surface area contributed by atoms with Gasteiger partial charge in [0, 0.05) is 11.3 Å². The van der Waals surface area contributed by atoms with Crippen LogP contribution in [0.2, 0.25) is 0 Å². The molecule has 0 unspecified atom stereocenters. The van der Waals surface area contributed by atoms with Gasteiger partial charge in [0.2, 0.25) is 10.0 Å². The van der Waals surface area contributed by atoms with Crippen molar-refractivity contribution in [1.82, 2.24) is 0 Å². The van der Waals surface area contributed by atoms with Gasteiger partial charge in [-0.3, -0.25) is 9.52 Å². The molecular weight excluding hydrogens is 304 g/mol. The SMILES string of the molecule is Cc1cccc(NC(=O)c2cccc(NS(C)(=O)=O)c2)c1O. The van der Waals surface area contributed by atoms with Gasteiger partial charge in [-0.1, -0.05) is 18.2 Å². The van der Waals surface area contributed by atoms with Crippen LogP contribution in [-0.4, -0.2) is 25.7 Å². The van der Waals surface area contributed by atoms with Crippen LogP contribution in [0.25, 0.3) is 0 Å². The molecule has 0 atom stereocenters. The summed E-state index contributed by atoms with van der Waals surface area (Å²) in [6.45, 7) is 1.72. The fourth-order valence-electron chi connectivity index (χ4n) is 1.89. The molecule has 0 radical (unpaired) electrons. The van der Waals surface area contributed by atoms with Gasteiger partial charge in [0.05, 0.1) is 11.9 Å². The summed E-state index contributed by atoms with van der Waals surface area (Å²) in [6, 6.07) is 11.1. The van der Waals surface area contributed by atoms with E-state index in [0.717, 1.165) is 6.26 Å². The van der Waals surface area contributed by atoms with Crippen LogP contribution in [-0.2, 0) is 10.0 Å². The molecule has 0 aliphatic carbocycles. The highest BCUT2D eigenvalue weighted by molar-refractivity contribution is 7.92. The summed E-state index contributed by atoms with van der Waals surface area (Å²) in [7, 11) is -3.41. The van der Waals surface area contributed by atoms with Crippen molar-refractivity contribution in [3.05, 3.63) is 53.6 Å². The zero-order valence-corrected chi connectivity index (χ0v) is 12.9. The molecule has 0 fully saturated rings. The van der Waals surface area contributed by atoms with Gasteiger partial charge in [-0.15, -0.1) is 0 Å². The molecule has 0 bridgehead atoms. The van der Waals surface area contributed by atoms with Crippen molar-refractivity contribution in [2.75, 3.05) is 16.3 Å². The van der Waals surface area contributed by atoms with Crippen molar-refractivity contribution in [3.63, 3.8) is 0 Å². The van der Waals surface area contributed by atoms with Crippen LogP contribution in [0.15, 0.2) is 42.5 Å². The maximum absolute atomic E-state index is 12.2. The molecule has 7 heteroatoms. The Kier molecular flexibility index (Phi) is 4.37. The number of hydrogen-bond donors (Lipinski definition) is 3. The smallest absolute Gasteiger partial charge is 0.255 e. The van der Waals surface area contributed by atoms with Gasteiger partial charge < -0.3 is 10.4 Å². The summed E-state index contributed by atoms with van der Waals surface area (Å²) in [6.07, 6.45) is 1.03. The van der Waals surface area contributed by atoms with E-state index < -0.39 is 15.9 Å². The summed E-state index contributed by atoms with van der Waals surface area (Å²) in [4.78, 5) is 12.2. The molecule has 0 saturated heterocycles. The lowest BCUT2D eigenvalue weighted by atomic mass is 10.1. The molecule has 1 amide bonds. The highest BCUT2D eigenvalue weighted by Gasteiger charge is 2.11. The van der Waals surface area contributed by atoms with Gasteiger partial charge in [-0.25, -0.2) is 8.42 Å². The number of phenols is 1. The summed E-state index contributed by atoms with van der Waals surface area (Å²) >= 11 is 0. The van der Waals surface area contributed by atoms with Crippen molar-refractivity contribution >= 4 is 27.3 Å². The van der Waals surface area contributed by atoms with Crippen molar-refractivity contribution in [2.45, 2.75) is 6.92 Å². The zero-order valence-electron chi connectivity index (χ0n) is 12.1. The van der Waals surface area contributed by atoms with E-state index in [1.807, 2.05) is 0 Å². The number of amides is 1. The number of hydrogen-bond acceptors (Lipinski definition) is 4. The van der Waals surface area contributed by atoms with Gasteiger partial charge in [0.15, 0.2) is 0 Å². The van der Waals surface area contributed by atoms with Crippen LogP contribution in [0, 0.1) is 6.92 Å². The van der Waals surface area contributed by atoms with Gasteiger partial charge in [0.25, 0.3) is 5.91 Å². The summed E-state index contributed by atoms with van der Waals surface area (Å²) < 4.78 is 24.7. The quantitative estimate of drug-likeness (QED) is 0.753. The fourth-order valence-corrected chi connectivity index (χ4v) is 2.45. The third kappa shape index (κ3) is 3.98. The molecule has 3 N–H and O–H groups in total. The maximum atomic E-state index is 12.2. The van der Waals surface area contributed by atoms with E-state index >= 15 is 0 Å². The van der Waals surface area contributed by atoms with Gasteiger partial charge in [-0.05, 0) is 36.8 Å². The van der Waals surface area contributed by atoms with E-state index in [-0.39, 0.29) is 11.3 Å². The lowest BCUT2D eigenvalue weighted by Gasteiger charge is -2.10. The molecule has 22 heavy (non-hydrogen) atoms. The first-order valence-electron chi connectivity index (χ1n) is 6.44. The van der Waals surface area contributed by atoms with Crippen LogP contribution in [0.1, 0.15) is 15.9 Å². The number of nitrogens with one attached hydrogen (secondary N) is 2. The Morgan fingerprint density at radius 2 is 1.82 bits per heavy atom. The minimum Gasteiger partial charge on any atom is -0.505 e. The average molecular weight is 320 g/mol. The van der Waals surface area contributed by atoms with Crippen molar-refractivity contribution < 1.29 is 18.3 Å². The topological polar surface area (TPSA) is 95.5 Å². The first kappa shape index (κ1) is 15.8. The lowest BCUT2D eigenvalue weighted by Crippen LogP contribution is -2.14. The second kappa shape index (κ2) is 6.07. The number of benzene rings is 2. The molecule has 2 rings (SSSR count). The van der Waals surface area contributed by atoms with E-state index in [2.05, 4.69) is 10.0 Å². The van der Waals surface area contributed by atoms with E-state index in [1.165, 1.54) is 6.07 Å². The average Bonchev–Trinajstić information content (AvgIpc) is 2.42. The maximum Gasteiger partial charge on any atom is 0.255 e. The fraction of sp³-hybridized carbons (Fsp3) is 0.133. The molecule has 0 heterocycles. The number of para-hydroxylation sites is 1. The third-order valence-corrected chi connectivity index (χ3v) is 3.52. The van der Waals surface area contributed by atoms with Crippen LogP contribution in [0.3, 0.4) is 0 Å². The van der Waals surface area contributed by atoms with Gasteiger partial charge >= 0.3 is 0 Å². The predicted octanol–water partition coefficient (Wildman–Crippen LogP) is 2.32. The predicted molar refractivity (Wildman–Crippen MR) is 85.7 cm³/mol. The summed E-state index contributed by atoms with van der Waals surface area (Å²) in [5.74, 6) is -0.445. The molecule has 0 spiro atoms. The highest BCUT2D eigenvalue weighted by Crippen LogP contribution is 2.27. The molecule has 0 aliphatic rings. The molecular formula is C15H16N2O4S. The second-order valence-electron chi connectivity index (χ2n) is 4.88. The van der Waals surface area contributed by atoms with E-state index in [9.17, 15) is 18.3 Å². The Bertz CT molecular complexity index is 816. The van der Waals surface area contributed by atoms with Crippen LogP contribution < -0.4 is 10.0 Å². The van der Waals surface area contributed by atoms with Crippen LogP contribution in [0.5, 0.6) is 5.75 Å². The third-order valence-electron chi connectivity index (χ3n) is 2.91. The molecule has 6 nitrogen and oxygen atoms in total. The Morgan fingerprint density at radius 1 is 1.14 bits per heavy atom. The highest BCUT2D eigenvalue weighted by atomic mass is 32.2. The Hall–Kier alpha value is -2.54. The second-order valence-corrected chi connectivity index (χ2v) is 6.63. The molecule has 0 aliphatic heterocycles. The standard InChI is InChI=1S/C15H16N2O4S/c1-10-5-3-8-13(14(10)18)16-15(19)11-6-4-7-12(9-11)17-22(2,20)21/h3-9,17-18H,1-2H3,(H,16,19). The first-order chi connectivity index (χ1) is 10.3. The number of aromatic hydroxyl groups is 1. The lowest BCUT2D eigenvalue weighted by molar-refractivity contribution is 0.102. The number of aryl methyl sites for hydroxylation is 1. The number of carbonyl (C=O) groups is 1. The van der Waals surface area contributed by atoms with E-state index in [1.54, 1.807) is 43.3 Å². The largest absolute Gasteiger partial charge is 0.505 e. The minimum absolute atomic E-state index is 0.00117. The Morgan fingerprint density at radius 3 is 2.50 bits per heavy atom. The monoisotopic (exact) mass is 320 g/mol. The minimum atomic E-state index is -3.41. The molecule has 116 valence electrons. The van der Waals surface area contributed by atoms with E-state index in [0.29, 0.717) is 16.9 Å². The number of rotatable bonds is 4. The molecule has 2 aromatic carbocycles. The van der Waals surface area contributed by atoms with Crippen molar-refractivity contribution in [1.29, 1.82) is 0 Å². The number of phenolic OH excluding ortho intramolecular Hbond substituents is 1. The Labute approximate surface area is 128 Å². The number of sulfonamides is 1. The molecule has 0 saturated carbocycles. The summed E-state index contributed by atoms with van der Waals surface area (Å²) in [5, 5.41) is 12.5.